The molecule has 1 amide bonds. The lowest BCUT2D eigenvalue weighted by Gasteiger charge is -2.33. The predicted molar refractivity (Wildman–Crippen MR) is 82.0 cm³/mol. The molecular formula is C16H16BrNO3. The quantitative estimate of drug-likeness (QED) is 0.894. The standard InChI is InChI=1S/C16H16BrNO3/c17-14-8-7-13(21-14)16(20)18-15-11(9-19)6-5-10-3-1-2-4-12(10)15/h1-4,7-8,11,15,19H,5-6,9H2,(H,18,20). The highest BCUT2D eigenvalue weighted by Gasteiger charge is 2.30. The first kappa shape index (κ1) is 14.4. The minimum absolute atomic E-state index is 0.0299. The van der Waals surface area contributed by atoms with Crippen molar-refractivity contribution in [1.29, 1.82) is 0 Å². The molecule has 3 rings (SSSR count). The van der Waals surface area contributed by atoms with E-state index < -0.39 is 0 Å². The van der Waals surface area contributed by atoms with E-state index in [0.717, 1.165) is 18.4 Å². The van der Waals surface area contributed by atoms with Crippen molar-refractivity contribution < 1.29 is 14.3 Å². The lowest BCUT2D eigenvalue weighted by Crippen LogP contribution is -2.37. The third-order valence-corrected chi connectivity index (χ3v) is 4.39. The first-order chi connectivity index (χ1) is 10.2. The summed E-state index contributed by atoms with van der Waals surface area (Å²) >= 11 is 3.19. The maximum atomic E-state index is 12.3. The highest BCUT2D eigenvalue weighted by molar-refractivity contribution is 9.10. The number of aliphatic hydroxyl groups is 1. The van der Waals surface area contributed by atoms with Crippen molar-refractivity contribution in [2.24, 2.45) is 5.92 Å². The Hall–Kier alpha value is -1.59. The lowest BCUT2D eigenvalue weighted by atomic mass is 9.80. The van der Waals surface area contributed by atoms with Crippen molar-refractivity contribution in [2.45, 2.75) is 18.9 Å². The van der Waals surface area contributed by atoms with Gasteiger partial charge in [0.15, 0.2) is 10.4 Å². The van der Waals surface area contributed by atoms with Gasteiger partial charge in [-0.1, -0.05) is 24.3 Å². The van der Waals surface area contributed by atoms with E-state index in [9.17, 15) is 9.90 Å². The molecule has 0 bridgehead atoms. The fourth-order valence-corrected chi connectivity index (χ4v) is 3.17. The van der Waals surface area contributed by atoms with Crippen LogP contribution >= 0.6 is 15.9 Å². The van der Waals surface area contributed by atoms with Crippen molar-refractivity contribution in [3.8, 4) is 0 Å². The number of hydrogen-bond acceptors (Lipinski definition) is 3. The van der Waals surface area contributed by atoms with Crippen LogP contribution in [0, 0.1) is 5.92 Å². The summed E-state index contributed by atoms with van der Waals surface area (Å²) in [6.07, 6.45) is 1.79. The van der Waals surface area contributed by atoms with Crippen LogP contribution in [0.3, 0.4) is 0 Å². The molecule has 0 spiro atoms. The van der Waals surface area contributed by atoms with E-state index in [4.69, 9.17) is 4.42 Å². The molecule has 1 aromatic heterocycles. The van der Waals surface area contributed by atoms with Crippen LogP contribution in [0.5, 0.6) is 0 Å². The zero-order chi connectivity index (χ0) is 14.8. The third kappa shape index (κ3) is 2.89. The van der Waals surface area contributed by atoms with E-state index in [1.54, 1.807) is 12.1 Å². The van der Waals surface area contributed by atoms with Gasteiger partial charge in [0.05, 0.1) is 6.04 Å². The summed E-state index contributed by atoms with van der Waals surface area (Å²) in [5.41, 5.74) is 2.31. The van der Waals surface area contributed by atoms with Gasteiger partial charge in [0.2, 0.25) is 0 Å². The van der Waals surface area contributed by atoms with Gasteiger partial charge in [0, 0.05) is 12.5 Å². The second-order valence-electron chi connectivity index (χ2n) is 5.24. The van der Waals surface area contributed by atoms with Crippen molar-refractivity contribution in [3.05, 3.63) is 58.0 Å². The summed E-state index contributed by atoms with van der Waals surface area (Å²) in [6, 6.07) is 11.2. The fourth-order valence-electron chi connectivity index (χ4n) is 2.87. The van der Waals surface area contributed by atoms with Gasteiger partial charge < -0.3 is 14.8 Å². The molecule has 0 aliphatic heterocycles. The number of benzene rings is 1. The number of carbonyl (C=O) groups is 1. The number of aryl methyl sites for hydroxylation is 1. The van der Waals surface area contributed by atoms with E-state index in [2.05, 4.69) is 27.3 Å². The van der Waals surface area contributed by atoms with Gasteiger partial charge >= 0.3 is 0 Å². The molecule has 1 aliphatic rings. The maximum Gasteiger partial charge on any atom is 0.287 e. The van der Waals surface area contributed by atoms with Crippen LogP contribution in [-0.4, -0.2) is 17.6 Å². The third-order valence-electron chi connectivity index (χ3n) is 3.96. The average Bonchev–Trinajstić information content (AvgIpc) is 2.94. The Balaban J connectivity index is 1.86. The number of furan rings is 1. The highest BCUT2D eigenvalue weighted by atomic mass is 79.9. The van der Waals surface area contributed by atoms with Crippen LogP contribution in [0.25, 0.3) is 0 Å². The number of rotatable bonds is 3. The van der Waals surface area contributed by atoms with Gasteiger partial charge in [-0.25, -0.2) is 0 Å². The Kier molecular flexibility index (Phi) is 4.12. The average molecular weight is 350 g/mol. The Morgan fingerprint density at radius 2 is 2.14 bits per heavy atom. The molecule has 0 radical (unpaired) electrons. The number of aliphatic hydroxyl groups excluding tert-OH is 1. The summed E-state index contributed by atoms with van der Waals surface area (Å²) in [6.45, 7) is 0.0567. The van der Waals surface area contributed by atoms with Crippen LogP contribution in [0.4, 0.5) is 0 Å². The normalized spacial score (nSPS) is 20.9. The molecular weight excluding hydrogens is 334 g/mol. The maximum absolute atomic E-state index is 12.3. The molecule has 2 unspecified atom stereocenters. The van der Waals surface area contributed by atoms with E-state index in [-0.39, 0.29) is 30.2 Å². The largest absolute Gasteiger partial charge is 0.444 e. The monoisotopic (exact) mass is 349 g/mol. The topological polar surface area (TPSA) is 62.5 Å². The summed E-state index contributed by atoms with van der Waals surface area (Å²) in [5.74, 6) is 0.0322. The number of fused-ring (bicyclic) bond motifs is 1. The number of carbonyl (C=O) groups excluding carboxylic acids is 1. The Morgan fingerprint density at radius 1 is 1.33 bits per heavy atom. The molecule has 0 saturated heterocycles. The van der Waals surface area contributed by atoms with Crippen molar-refractivity contribution in [3.63, 3.8) is 0 Å². The highest BCUT2D eigenvalue weighted by Crippen LogP contribution is 2.34. The van der Waals surface area contributed by atoms with Gasteiger partial charge in [0.1, 0.15) is 0 Å². The molecule has 110 valence electrons. The van der Waals surface area contributed by atoms with Crippen LogP contribution < -0.4 is 5.32 Å². The molecule has 0 fully saturated rings. The number of amides is 1. The summed E-state index contributed by atoms with van der Waals surface area (Å²) in [7, 11) is 0. The van der Waals surface area contributed by atoms with Gasteiger partial charge in [-0.3, -0.25) is 4.79 Å². The number of hydrogen-bond donors (Lipinski definition) is 2. The van der Waals surface area contributed by atoms with E-state index in [0.29, 0.717) is 4.67 Å². The zero-order valence-corrected chi connectivity index (χ0v) is 13.0. The van der Waals surface area contributed by atoms with Crippen LogP contribution in [-0.2, 0) is 6.42 Å². The Morgan fingerprint density at radius 3 is 2.86 bits per heavy atom. The second kappa shape index (κ2) is 6.03. The molecule has 21 heavy (non-hydrogen) atoms. The molecule has 4 nitrogen and oxygen atoms in total. The molecule has 1 aliphatic carbocycles. The molecule has 0 saturated carbocycles. The minimum atomic E-state index is -0.263. The van der Waals surface area contributed by atoms with E-state index in [1.807, 2.05) is 18.2 Å². The zero-order valence-electron chi connectivity index (χ0n) is 11.4. The van der Waals surface area contributed by atoms with Gasteiger partial charge in [0.25, 0.3) is 5.91 Å². The van der Waals surface area contributed by atoms with Crippen LogP contribution in [0.1, 0.15) is 34.1 Å². The molecule has 2 aromatic rings. The molecule has 2 atom stereocenters. The van der Waals surface area contributed by atoms with Crippen molar-refractivity contribution in [1.82, 2.24) is 5.32 Å². The SMILES string of the molecule is O=C(NC1c2ccccc2CCC1CO)c1ccc(Br)o1. The van der Waals surface area contributed by atoms with Crippen molar-refractivity contribution in [2.75, 3.05) is 6.61 Å². The van der Waals surface area contributed by atoms with Crippen LogP contribution in [0.15, 0.2) is 45.5 Å². The second-order valence-corrected chi connectivity index (χ2v) is 6.02. The predicted octanol–water partition coefficient (Wildman–Crippen LogP) is 3.07. The first-order valence-electron chi connectivity index (χ1n) is 6.94. The number of nitrogens with one attached hydrogen (secondary N) is 1. The smallest absolute Gasteiger partial charge is 0.287 e. The lowest BCUT2D eigenvalue weighted by molar-refractivity contribution is 0.0864. The van der Waals surface area contributed by atoms with E-state index in [1.165, 1.54) is 5.56 Å². The Bertz CT molecular complexity index is 652. The van der Waals surface area contributed by atoms with Gasteiger partial charge in [-0.15, -0.1) is 0 Å². The molecule has 5 heteroatoms. The van der Waals surface area contributed by atoms with Crippen LogP contribution in [0.2, 0.25) is 0 Å². The minimum Gasteiger partial charge on any atom is -0.444 e. The first-order valence-corrected chi connectivity index (χ1v) is 7.73. The molecule has 1 heterocycles. The summed E-state index contributed by atoms with van der Waals surface area (Å²) in [5, 5.41) is 12.6. The Labute approximate surface area is 131 Å². The molecule has 1 aromatic carbocycles. The van der Waals surface area contributed by atoms with Gasteiger partial charge in [-0.05, 0) is 52.0 Å². The summed E-state index contributed by atoms with van der Waals surface area (Å²) < 4.78 is 5.81. The summed E-state index contributed by atoms with van der Waals surface area (Å²) in [4.78, 5) is 12.3. The molecule has 2 N–H and O–H groups in total. The van der Waals surface area contributed by atoms with Gasteiger partial charge in [-0.2, -0.15) is 0 Å². The van der Waals surface area contributed by atoms with E-state index >= 15 is 0 Å². The number of halogens is 1. The fraction of sp³-hybridized carbons (Fsp3) is 0.312. The van der Waals surface area contributed by atoms with Crippen molar-refractivity contribution >= 4 is 21.8 Å².